The minimum absolute atomic E-state index is 0.107. The first-order valence-electron chi connectivity index (χ1n) is 11.6. The molecule has 1 atom stereocenters. The highest BCUT2D eigenvalue weighted by Crippen LogP contribution is 2.15. The van der Waals surface area contributed by atoms with Crippen LogP contribution in [0.2, 0.25) is 0 Å². The lowest BCUT2D eigenvalue weighted by Gasteiger charge is -2.10. The van der Waals surface area contributed by atoms with E-state index >= 15 is 0 Å². The molecule has 0 saturated heterocycles. The summed E-state index contributed by atoms with van der Waals surface area (Å²) in [6, 6.07) is 0. The van der Waals surface area contributed by atoms with Crippen LogP contribution in [-0.4, -0.2) is 29.9 Å². The molecule has 2 N–H and O–H groups in total. The molecule has 0 radical (unpaired) electrons. The quantitative estimate of drug-likeness (QED) is 0.165. The van der Waals surface area contributed by atoms with E-state index in [1.165, 1.54) is 77.0 Å². The monoisotopic (exact) mass is 406 g/mol. The van der Waals surface area contributed by atoms with Gasteiger partial charge in [0.05, 0.1) is 11.9 Å². The van der Waals surface area contributed by atoms with Crippen LogP contribution in [0.4, 0.5) is 0 Å². The molecule has 0 aromatic rings. The van der Waals surface area contributed by atoms with Crippen LogP contribution in [0.15, 0.2) is 0 Å². The third-order valence-corrected chi connectivity index (χ3v) is 6.14. The van der Waals surface area contributed by atoms with Crippen LogP contribution in [0.5, 0.6) is 0 Å². The van der Waals surface area contributed by atoms with Crippen molar-refractivity contribution >= 4 is 10.1 Å². The fourth-order valence-electron chi connectivity index (χ4n) is 3.56. The Bertz CT molecular complexity index is 395. The van der Waals surface area contributed by atoms with Crippen molar-refractivity contribution in [3.8, 4) is 0 Å². The third-order valence-electron chi connectivity index (χ3n) is 5.33. The van der Waals surface area contributed by atoms with Gasteiger partial charge in [-0.15, -0.1) is 0 Å². The van der Waals surface area contributed by atoms with Gasteiger partial charge in [-0.25, -0.2) is 0 Å². The van der Waals surface area contributed by atoms with Gasteiger partial charge in [-0.05, 0) is 19.3 Å². The number of hydrogen-bond donors (Lipinski definition) is 2. The molecule has 0 aliphatic rings. The summed E-state index contributed by atoms with van der Waals surface area (Å²) in [4.78, 5) is 0. The van der Waals surface area contributed by atoms with Crippen molar-refractivity contribution in [2.24, 2.45) is 0 Å². The summed E-state index contributed by atoms with van der Waals surface area (Å²) in [5.41, 5.74) is 0. The molecule has 4 nitrogen and oxygen atoms in total. The van der Waals surface area contributed by atoms with Gasteiger partial charge >= 0.3 is 0 Å². The van der Waals surface area contributed by atoms with Crippen molar-refractivity contribution in [1.29, 1.82) is 0 Å². The van der Waals surface area contributed by atoms with Crippen molar-refractivity contribution in [1.82, 2.24) is 0 Å². The van der Waals surface area contributed by atoms with E-state index in [2.05, 4.69) is 6.92 Å². The largest absolute Gasteiger partial charge is 0.393 e. The topological polar surface area (TPSA) is 74.6 Å². The SMILES string of the molecule is CCCCCCCCCCCC(O)CCCCCCCCCCS(=O)(=O)O. The zero-order chi connectivity index (χ0) is 20.2. The van der Waals surface area contributed by atoms with Gasteiger partial charge in [-0.1, -0.05) is 110 Å². The molecule has 27 heavy (non-hydrogen) atoms. The third kappa shape index (κ3) is 23.8. The Morgan fingerprint density at radius 1 is 0.593 bits per heavy atom. The first kappa shape index (κ1) is 26.9. The van der Waals surface area contributed by atoms with Crippen molar-refractivity contribution in [3.63, 3.8) is 0 Å². The molecule has 0 fully saturated rings. The molecule has 0 saturated carbocycles. The Labute approximate surface area is 169 Å². The second kappa shape index (κ2) is 19.2. The van der Waals surface area contributed by atoms with Crippen molar-refractivity contribution < 1.29 is 18.1 Å². The van der Waals surface area contributed by atoms with E-state index in [1.807, 2.05) is 0 Å². The Morgan fingerprint density at radius 2 is 0.926 bits per heavy atom. The second-order valence-corrected chi connectivity index (χ2v) is 9.75. The molecular formula is C22H46O4S. The van der Waals surface area contributed by atoms with Gasteiger partial charge in [0.25, 0.3) is 10.1 Å². The Balaban J connectivity index is 3.20. The summed E-state index contributed by atoms with van der Waals surface area (Å²) in [7, 11) is -3.78. The van der Waals surface area contributed by atoms with E-state index < -0.39 is 10.1 Å². The minimum Gasteiger partial charge on any atom is -0.393 e. The minimum atomic E-state index is -3.78. The van der Waals surface area contributed by atoms with Crippen molar-refractivity contribution in [2.45, 2.75) is 135 Å². The lowest BCUT2D eigenvalue weighted by molar-refractivity contribution is 0.147. The first-order chi connectivity index (χ1) is 13.0. The highest BCUT2D eigenvalue weighted by atomic mass is 32.2. The predicted octanol–water partition coefficient (Wildman–Crippen LogP) is 6.67. The Morgan fingerprint density at radius 3 is 1.30 bits per heavy atom. The van der Waals surface area contributed by atoms with Crippen LogP contribution in [0.1, 0.15) is 129 Å². The average molecular weight is 407 g/mol. The molecule has 0 aromatic carbocycles. The number of rotatable bonds is 21. The molecule has 0 aliphatic carbocycles. The summed E-state index contributed by atoms with van der Waals surface area (Å²) >= 11 is 0. The van der Waals surface area contributed by atoms with Crippen LogP contribution >= 0.6 is 0 Å². The highest BCUT2D eigenvalue weighted by molar-refractivity contribution is 7.85. The standard InChI is InChI=1S/C22H46O4S/c1-2-3-4-5-6-7-10-13-16-19-22(23)20-17-14-11-8-9-12-15-18-21-27(24,25)26/h22-23H,2-21H2,1H3,(H,24,25,26). The van der Waals surface area contributed by atoms with Crippen molar-refractivity contribution in [3.05, 3.63) is 0 Å². The molecule has 0 spiro atoms. The number of aliphatic hydroxyl groups is 1. The van der Waals surface area contributed by atoms with Gasteiger partial charge in [0.15, 0.2) is 0 Å². The van der Waals surface area contributed by atoms with Gasteiger partial charge in [-0.3, -0.25) is 4.55 Å². The summed E-state index contributed by atoms with van der Waals surface area (Å²) in [6.07, 6.45) is 22.0. The normalized spacial score (nSPS) is 13.1. The average Bonchev–Trinajstić information content (AvgIpc) is 2.61. The summed E-state index contributed by atoms with van der Waals surface area (Å²) < 4.78 is 29.8. The highest BCUT2D eigenvalue weighted by Gasteiger charge is 2.04. The molecule has 164 valence electrons. The van der Waals surface area contributed by atoms with Crippen LogP contribution in [0, 0.1) is 0 Å². The molecule has 0 heterocycles. The lowest BCUT2D eigenvalue weighted by atomic mass is 10.0. The predicted molar refractivity (Wildman–Crippen MR) is 116 cm³/mol. The Kier molecular flexibility index (Phi) is 19.1. The number of aliphatic hydroxyl groups excluding tert-OH is 1. The van der Waals surface area contributed by atoms with Crippen LogP contribution in [-0.2, 0) is 10.1 Å². The maximum atomic E-state index is 10.6. The molecular weight excluding hydrogens is 360 g/mol. The van der Waals surface area contributed by atoms with E-state index in [-0.39, 0.29) is 11.9 Å². The maximum absolute atomic E-state index is 10.6. The van der Waals surface area contributed by atoms with Gasteiger partial charge in [0, 0.05) is 0 Å². The zero-order valence-corrected chi connectivity index (χ0v) is 18.7. The number of unbranched alkanes of at least 4 members (excludes halogenated alkanes) is 15. The molecule has 0 bridgehead atoms. The van der Waals surface area contributed by atoms with Crippen LogP contribution in [0.25, 0.3) is 0 Å². The van der Waals surface area contributed by atoms with E-state index in [0.29, 0.717) is 6.42 Å². The summed E-state index contributed by atoms with van der Waals surface area (Å²) in [5, 5.41) is 10.0. The van der Waals surface area contributed by atoms with Gasteiger partial charge in [0.2, 0.25) is 0 Å². The second-order valence-electron chi connectivity index (χ2n) is 8.17. The lowest BCUT2D eigenvalue weighted by Crippen LogP contribution is -2.05. The van der Waals surface area contributed by atoms with Crippen LogP contribution in [0.3, 0.4) is 0 Å². The molecule has 0 rings (SSSR count). The molecule has 0 aliphatic heterocycles. The molecule has 1 unspecified atom stereocenters. The smallest absolute Gasteiger partial charge is 0.264 e. The Hall–Kier alpha value is -0.130. The van der Waals surface area contributed by atoms with Crippen molar-refractivity contribution in [2.75, 3.05) is 5.75 Å². The first-order valence-corrected chi connectivity index (χ1v) is 13.2. The van der Waals surface area contributed by atoms with Gasteiger partial charge < -0.3 is 5.11 Å². The van der Waals surface area contributed by atoms with E-state index in [1.54, 1.807) is 0 Å². The van der Waals surface area contributed by atoms with Gasteiger partial charge in [-0.2, -0.15) is 8.42 Å². The van der Waals surface area contributed by atoms with Gasteiger partial charge in [0.1, 0.15) is 0 Å². The summed E-state index contributed by atoms with van der Waals surface area (Å²) in [5.74, 6) is -0.107. The van der Waals surface area contributed by atoms with Crippen LogP contribution < -0.4 is 0 Å². The fraction of sp³-hybridized carbons (Fsp3) is 1.00. The van der Waals surface area contributed by atoms with E-state index in [9.17, 15) is 13.5 Å². The molecule has 0 aromatic heterocycles. The maximum Gasteiger partial charge on any atom is 0.264 e. The number of hydrogen-bond acceptors (Lipinski definition) is 3. The molecule has 5 heteroatoms. The van der Waals surface area contributed by atoms with E-state index in [0.717, 1.165) is 38.5 Å². The van der Waals surface area contributed by atoms with E-state index in [4.69, 9.17) is 4.55 Å². The fourth-order valence-corrected chi connectivity index (χ4v) is 4.13. The zero-order valence-electron chi connectivity index (χ0n) is 17.8. The molecule has 0 amide bonds. The summed E-state index contributed by atoms with van der Waals surface area (Å²) in [6.45, 7) is 2.26.